The Morgan fingerprint density at radius 2 is 1.82 bits per heavy atom. The standard InChI is InChI=1S/C17H23NO4/c1-12-10-13(2)15(14(11-12)20-3)16(19)18-6-4-17(5-7-18)21-8-9-22-17/h10-11H,4-9H2,1-3H3. The summed E-state index contributed by atoms with van der Waals surface area (Å²) in [4.78, 5) is 14.8. The van der Waals surface area contributed by atoms with E-state index in [4.69, 9.17) is 14.2 Å². The first-order valence-corrected chi connectivity index (χ1v) is 7.77. The maximum absolute atomic E-state index is 12.9. The number of ether oxygens (including phenoxy) is 3. The summed E-state index contributed by atoms with van der Waals surface area (Å²) in [5.74, 6) is 0.224. The molecule has 0 unspecified atom stereocenters. The molecule has 0 atom stereocenters. The zero-order valence-electron chi connectivity index (χ0n) is 13.5. The van der Waals surface area contributed by atoms with Crippen LogP contribution >= 0.6 is 0 Å². The summed E-state index contributed by atoms with van der Waals surface area (Å²) in [6, 6.07) is 3.93. The van der Waals surface area contributed by atoms with Crippen LogP contribution in [0.2, 0.25) is 0 Å². The Labute approximate surface area is 131 Å². The van der Waals surface area contributed by atoms with Crippen molar-refractivity contribution in [3.8, 4) is 5.75 Å². The minimum absolute atomic E-state index is 0.0298. The van der Waals surface area contributed by atoms with Crippen LogP contribution in [0.1, 0.15) is 34.3 Å². The van der Waals surface area contributed by atoms with E-state index < -0.39 is 5.79 Å². The number of likely N-dealkylation sites (tertiary alicyclic amines) is 1. The van der Waals surface area contributed by atoms with Gasteiger partial charge in [0, 0.05) is 25.9 Å². The molecule has 2 saturated heterocycles. The number of amides is 1. The van der Waals surface area contributed by atoms with Crippen molar-refractivity contribution in [3.63, 3.8) is 0 Å². The average Bonchev–Trinajstić information content (AvgIpc) is 2.95. The molecular formula is C17H23NO4. The van der Waals surface area contributed by atoms with Crippen molar-refractivity contribution in [3.05, 3.63) is 28.8 Å². The molecule has 2 aliphatic rings. The lowest BCUT2D eigenvalue weighted by Crippen LogP contribution is -2.47. The maximum Gasteiger partial charge on any atom is 0.257 e. The average molecular weight is 305 g/mol. The van der Waals surface area contributed by atoms with E-state index in [1.54, 1.807) is 7.11 Å². The second-order valence-corrected chi connectivity index (χ2v) is 6.06. The molecule has 5 nitrogen and oxygen atoms in total. The van der Waals surface area contributed by atoms with Crippen molar-refractivity contribution >= 4 is 5.91 Å². The van der Waals surface area contributed by atoms with Gasteiger partial charge in [0.15, 0.2) is 5.79 Å². The Balaban J connectivity index is 1.78. The first kappa shape index (κ1) is 15.3. The normalized spacial score (nSPS) is 20.4. The van der Waals surface area contributed by atoms with Gasteiger partial charge in [0.05, 0.1) is 25.9 Å². The number of carbonyl (C=O) groups excluding carboxylic acids is 1. The van der Waals surface area contributed by atoms with E-state index in [0.717, 1.165) is 24.0 Å². The van der Waals surface area contributed by atoms with Crippen LogP contribution in [0.4, 0.5) is 0 Å². The molecule has 0 aromatic heterocycles. The van der Waals surface area contributed by atoms with E-state index in [1.807, 2.05) is 30.9 Å². The summed E-state index contributed by atoms with van der Waals surface area (Å²) in [6.07, 6.45) is 1.46. The third-order valence-corrected chi connectivity index (χ3v) is 4.50. The highest BCUT2D eigenvalue weighted by molar-refractivity contribution is 5.98. The molecule has 1 spiro atoms. The predicted octanol–water partition coefficient (Wildman–Crippen LogP) is 2.29. The topological polar surface area (TPSA) is 48.0 Å². The van der Waals surface area contributed by atoms with E-state index in [0.29, 0.717) is 37.6 Å². The molecule has 2 fully saturated rings. The van der Waals surface area contributed by atoms with E-state index >= 15 is 0 Å². The number of benzene rings is 1. The molecule has 0 bridgehead atoms. The van der Waals surface area contributed by atoms with Crippen LogP contribution in [-0.4, -0.2) is 50.0 Å². The van der Waals surface area contributed by atoms with Gasteiger partial charge in [-0.25, -0.2) is 0 Å². The van der Waals surface area contributed by atoms with Crippen LogP contribution in [0.25, 0.3) is 0 Å². The van der Waals surface area contributed by atoms with Crippen molar-refractivity contribution in [1.29, 1.82) is 0 Å². The number of hydrogen-bond donors (Lipinski definition) is 0. The Morgan fingerprint density at radius 3 is 2.41 bits per heavy atom. The highest BCUT2D eigenvalue weighted by Crippen LogP contribution is 2.33. The molecule has 1 amide bonds. The molecule has 0 aliphatic carbocycles. The fourth-order valence-corrected chi connectivity index (χ4v) is 3.36. The van der Waals surface area contributed by atoms with Gasteiger partial charge < -0.3 is 19.1 Å². The first-order valence-electron chi connectivity index (χ1n) is 7.77. The Bertz CT molecular complexity index is 568. The van der Waals surface area contributed by atoms with E-state index in [1.165, 1.54) is 0 Å². The largest absolute Gasteiger partial charge is 0.496 e. The van der Waals surface area contributed by atoms with Gasteiger partial charge in [-0.15, -0.1) is 0 Å². The first-order chi connectivity index (χ1) is 10.5. The molecule has 5 heteroatoms. The number of methoxy groups -OCH3 is 1. The Morgan fingerprint density at radius 1 is 1.18 bits per heavy atom. The molecule has 0 N–H and O–H groups in total. The van der Waals surface area contributed by atoms with Gasteiger partial charge in [0.25, 0.3) is 5.91 Å². The molecule has 0 radical (unpaired) electrons. The minimum atomic E-state index is -0.455. The fraction of sp³-hybridized carbons (Fsp3) is 0.588. The van der Waals surface area contributed by atoms with Crippen molar-refractivity contribution in [1.82, 2.24) is 4.90 Å². The van der Waals surface area contributed by atoms with Gasteiger partial charge in [-0.2, -0.15) is 0 Å². The monoisotopic (exact) mass is 305 g/mol. The van der Waals surface area contributed by atoms with Gasteiger partial charge >= 0.3 is 0 Å². The van der Waals surface area contributed by atoms with E-state index in [2.05, 4.69) is 0 Å². The highest BCUT2D eigenvalue weighted by atomic mass is 16.7. The van der Waals surface area contributed by atoms with Crippen LogP contribution in [-0.2, 0) is 9.47 Å². The molecule has 1 aromatic carbocycles. The summed E-state index contributed by atoms with van der Waals surface area (Å²) in [5, 5.41) is 0. The maximum atomic E-state index is 12.9. The van der Waals surface area contributed by atoms with E-state index in [-0.39, 0.29) is 5.91 Å². The quantitative estimate of drug-likeness (QED) is 0.841. The van der Waals surface area contributed by atoms with E-state index in [9.17, 15) is 4.79 Å². The van der Waals surface area contributed by atoms with Crippen LogP contribution in [0.5, 0.6) is 5.75 Å². The van der Waals surface area contributed by atoms with Crippen molar-refractivity contribution < 1.29 is 19.0 Å². The summed E-state index contributed by atoms with van der Waals surface area (Å²) in [7, 11) is 1.61. The highest BCUT2D eigenvalue weighted by Gasteiger charge is 2.41. The molecule has 120 valence electrons. The molecular weight excluding hydrogens is 282 g/mol. The number of piperidine rings is 1. The predicted molar refractivity (Wildman–Crippen MR) is 82.2 cm³/mol. The summed E-state index contributed by atoms with van der Waals surface area (Å²) in [5.41, 5.74) is 2.71. The SMILES string of the molecule is COc1cc(C)cc(C)c1C(=O)N1CCC2(CC1)OCCO2. The second-order valence-electron chi connectivity index (χ2n) is 6.06. The molecule has 22 heavy (non-hydrogen) atoms. The number of carbonyl (C=O) groups is 1. The van der Waals surface area contributed by atoms with Crippen molar-refractivity contribution in [2.24, 2.45) is 0 Å². The zero-order chi connectivity index (χ0) is 15.7. The summed E-state index contributed by atoms with van der Waals surface area (Å²) >= 11 is 0. The summed E-state index contributed by atoms with van der Waals surface area (Å²) in [6.45, 7) is 6.56. The fourth-order valence-electron chi connectivity index (χ4n) is 3.36. The van der Waals surface area contributed by atoms with Gasteiger partial charge in [0.2, 0.25) is 0 Å². The molecule has 1 aromatic rings. The lowest BCUT2D eigenvalue weighted by Gasteiger charge is -2.37. The number of nitrogens with zero attached hydrogens (tertiary/aromatic N) is 1. The third-order valence-electron chi connectivity index (χ3n) is 4.50. The lowest BCUT2D eigenvalue weighted by atomic mass is 9.99. The minimum Gasteiger partial charge on any atom is -0.496 e. The van der Waals surface area contributed by atoms with Gasteiger partial charge in [-0.3, -0.25) is 4.79 Å². The lowest BCUT2D eigenvalue weighted by molar-refractivity contribution is -0.181. The van der Waals surface area contributed by atoms with Crippen LogP contribution < -0.4 is 4.74 Å². The van der Waals surface area contributed by atoms with Crippen molar-refractivity contribution in [2.45, 2.75) is 32.5 Å². The second kappa shape index (κ2) is 5.89. The van der Waals surface area contributed by atoms with Gasteiger partial charge in [0.1, 0.15) is 5.75 Å². The Hall–Kier alpha value is -1.59. The number of aryl methyl sites for hydroxylation is 2. The van der Waals surface area contributed by atoms with Crippen LogP contribution in [0.15, 0.2) is 12.1 Å². The molecule has 3 rings (SSSR count). The van der Waals surface area contributed by atoms with Crippen molar-refractivity contribution in [2.75, 3.05) is 33.4 Å². The van der Waals surface area contributed by atoms with Gasteiger partial charge in [-0.1, -0.05) is 6.07 Å². The smallest absolute Gasteiger partial charge is 0.257 e. The molecule has 0 saturated carbocycles. The summed E-state index contributed by atoms with van der Waals surface area (Å²) < 4.78 is 16.8. The Kier molecular flexibility index (Phi) is 4.10. The van der Waals surface area contributed by atoms with Crippen LogP contribution in [0, 0.1) is 13.8 Å². The number of rotatable bonds is 2. The molecule has 2 heterocycles. The third kappa shape index (κ3) is 2.71. The number of hydrogen-bond acceptors (Lipinski definition) is 4. The van der Waals surface area contributed by atoms with Gasteiger partial charge in [-0.05, 0) is 31.0 Å². The zero-order valence-corrected chi connectivity index (χ0v) is 13.5. The molecule has 2 aliphatic heterocycles. The van der Waals surface area contributed by atoms with Crippen LogP contribution in [0.3, 0.4) is 0 Å².